The molecule has 0 saturated heterocycles. The summed E-state index contributed by atoms with van der Waals surface area (Å²) in [5.41, 5.74) is 8.52. The first-order valence-electron chi connectivity index (χ1n) is 22.1. The van der Waals surface area contributed by atoms with Crippen molar-refractivity contribution in [3.8, 4) is 17.2 Å². The molecule has 17 heteroatoms. The lowest BCUT2D eigenvalue weighted by Gasteiger charge is -2.21. The highest BCUT2D eigenvalue weighted by molar-refractivity contribution is 6.10. The number of primary amides is 1. The fourth-order valence-electron chi connectivity index (χ4n) is 6.43. The van der Waals surface area contributed by atoms with Crippen LogP contribution in [0.4, 0.5) is 22.7 Å². The zero-order chi connectivity index (χ0) is 51.5. The second kappa shape index (κ2) is 25.8. The summed E-state index contributed by atoms with van der Waals surface area (Å²) in [6.07, 6.45) is 5.34. The summed E-state index contributed by atoms with van der Waals surface area (Å²) in [6, 6.07) is 26.6. The molecule has 0 spiro atoms. The van der Waals surface area contributed by atoms with Crippen molar-refractivity contribution in [1.82, 2.24) is 5.32 Å². The minimum Gasteiger partial charge on any atom is -0.490 e. The molecule has 5 rings (SSSR count). The summed E-state index contributed by atoms with van der Waals surface area (Å²) >= 11 is 0. The number of hydrogen-bond acceptors (Lipinski definition) is 11. The highest BCUT2D eigenvalue weighted by atomic mass is 16.5. The molecule has 0 unspecified atom stereocenters. The van der Waals surface area contributed by atoms with Gasteiger partial charge in [0.1, 0.15) is 31.6 Å². The predicted octanol–water partition coefficient (Wildman–Crippen LogP) is 8.11. The lowest BCUT2D eigenvalue weighted by Crippen LogP contribution is -2.46. The van der Waals surface area contributed by atoms with Gasteiger partial charge in [-0.25, -0.2) is 4.79 Å². The summed E-state index contributed by atoms with van der Waals surface area (Å²) in [4.78, 5) is 91.1. The summed E-state index contributed by atoms with van der Waals surface area (Å²) in [7, 11) is 0. The van der Waals surface area contributed by atoms with Gasteiger partial charge in [-0.2, -0.15) is 0 Å². The van der Waals surface area contributed by atoms with Crippen molar-refractivity contribution < 1.29 is 52.5 Å². The first kappa shape index (κ1) is 52.7. The van der Waals surface area contributed by atoms with E-state index in [-0.39, 0.29) is 64.2 Å². The minimum atomic E-state index is -1.38. The molecule has 6 amide bonds. The van der Waals surface area contributed by atoms with E-state index in [1.165, 1.54) is 84.9 Å². The van der Waals surface area contributed by atoms with E-state index in [0.29, 0.717) is 29.3 Å². The van der Waals surface area contributed by atoms with Gasteiger partial charge in [-0.05, 0) is 129 Å². The quantitative estimate of drug-likeness (QED) is 0.0196. The molecule has 0 aliphatic rings. The van der Waals surface area contributed by atoms with E-state index in [1.54, 1.807) is 57.2 Å². The largest absolute Gasteiger partial charge is 0.490 e. The van der Waals surface area contributed by atoms with Gasteiger partial charge in [0.05, 0.1) is 29.3 Å². The Bertz CT molecular complexity index is 2800. The summed E-state index contributed by atoms with van der Waals surface area (Å²) < 4.78 is 22.6. The van der Waals surface area contributed by atoms with Gasteiger partial charge in [0.15, 0.2) is 11.5 Å². The minimum absolute atomic E-state index is 0.0109. The monoisotopic (exact) mass is 962 g/mol. The first-order chi connectivity index (χ1) is 34.1. The third kappa shape index (κ3) is 15.7. The molecule has 0 bridgehead atoms. The number of hydrogen-bond donors (Lipinski definition) is 6. The van der Waals surface area contributed by atoms with Crippen LogP contribution in [0.1, 0.15) is 74.2 Å². The van der Waals surface area contributed by atoms with E-state index in [0.717, 1.165) is 5.56 Å². The molecule has 366 valence electrons. The normalized spacial score (nSPS) is 11.2. The molecule has 71 heavy (non-hydrogen) atoms. The third-order valence-corrected chi connectivity index (χ3v) is 9.85. The zero-order valence-corrected chi connectivity index (χ0v) is 39.4. The number of esters is 1. The second-order valence-corrected chi connectivity index (χ2v) is 15.7. The Morgan fingerprint density at radius 2 is 1.14 bits per heavy atom. The van der Waals surface area contributed by atoms with Gasteiger partial charge in [0.25, 0.3) is 23.6 Å². The molecule has 5 aromatic rings. The van der Waals surface area contributed by atoms with Gasteiger partial charge in [-0.3, -0.25) is 28.8 Å². The number of carbonyl (C=O) groups excluding carboxylic acids is 7. The molecule has 17 nitrogen and oxygen atoms in total. The lowest BCUT2D eigenvalue weighted by molar-refractivity contribution is -0.123. The van der Waals surface area contributed by atoms with Crippen LogP contribution in [-0.2, 0) is 19.1 Å². The topological polar surface area (TPSA) is 243 Å². The second-order valence-electron chi connectivity index (χ2n) is 15.7. The molecule has 0 aromatic heterocycles. The zero-order valence-electron chi connectivity index (χ0n) is 39.4. The van der Waals surface area contributed by atoms with Crippen LogP contribution in [0.25, 0.3) is 6.08 Å². The van der Waals surface area contributed by atoms with E-state index in [2.05, 4.69) is 46.3 Å². The van der Waals surface area contributed by atoms with Crippen LogP contribution in [0.15, 0.2) is 153 Å². The highest BCUT2D eigenvalue weighted by Gasteiger charge is 2.26. The van der Waals surface area contributed by atoms with E-state index in [9.17, 15) is 33.6 Å². The number of amides is 6. The lowest BCUT2D eigenvalue weighted by atomic mass is 10.1. The molecule has 0 aliphatic heterocycles. The number of nitrogens with one attached hydrogen (secondary N) is 5. The van der Waals surface area contributed by atoms with E-state index in [4.69, 9.17) is 24.7 Å². The van der Waals surface area contributed by atoms with E-state index in [1.807, 2.05) is 12.1 Å². The Morgan fingerprint density at radius 1 is 0.592 bits per heavy atom. The molecule has 0 saturated carbocycles. The Kier molecular flexibility index (Phi) is 19.1. The Hall–Kier alpha value is -9.25. The van der Waals surface area contributed by atoms with Gasteiger partial charge in [-0.15, -0.1) is 0 Å². The van der Waals surface area contributed by atoms with Crippen LogP contribution in [0.2, 0.25) is 0 Å². The van der Waals surface area contributed by atoms with Gasteiger partial charge < -0.3 is 51.3 Å². The SMILES string of the molecule is C=CCOC(=O)c1ccc(NC(=O)c2ccc(NC(=O)c3ccc(NC(=O)[C@H](CC(N)=O)NC(=O)c4ccc(NC(=O)/C(C)=C/c5ccc(OCC=C)cc5)cc4)cc3)c(OC(C)C)c2OCC=C)cc1. The average molecular weight is 963 g/mol. The first-order valence-corrected chi connectivity index (χ1v) is 22.1. The van der Waals surface area contributed by atoms with Crippen LogP contribution in [0.3, 0.4) is 0 Å². The maximum absolute atomic E-state index is 13.6. The Balaban J connectivity index is 1.22. The molecule has 5 aromatic carbocycles. The maximum Gasteiger partial charge on any atom is 0.338 e. The average Bonchev–Trinajstić information content (AvgIpc) is 3.35. The molecule has 0 fully saturated rings. The molecule has 0 heterocycles. The molecule has 0 aliphatic carbocycles. The number of anilines is 4. The van der Waals surface area contributed by atoms with Crippen molar-refractivity contribution >= 4 is 70.2 Å². The number of rotatable bonds is 24. The van der Waals surface area contributed by atoms with Crippen LogP contribution in [-0.4, -0.2) is 73.4 Å². The highest BCUT2D eigenvalue weighted by Crippen LogP contribution is 2.40. The number of ether oxygens (including phenoxy) is 4. The molecule has 7 N–H and O–H groups in total. The predicted molar refractivity (Wildman–Crippen MR) is 272 cm³/mol. The van der Waals surface area contributed by atoms with Crippen LogP contribution < -0.4 is 46.5 Å². The van der Waals surface area contributed by atoms with Gasteiger partial charge in [-0.1, -0.05) is 50.1 Å². The molecular formula is C54H54N6O11. The van der Waals surface area contributed by atoms with Crippen LogP contribution >= 0.6 is 0 Å². The van der Waals surface area contributed by atoms with Gasteiger partial charge >= 0.3 is 5.97 Å². The van der Waals surface area contributed by atoms with Gasteiger partial charge in [0.2, 0.25) is 11.8 Å². The van der Waals surface area contributed by atoms with Crippen LogP contribution in [0.5, 0.6) is 17.2 Å². The number of nitrogens with two attached hydrogens (primary N) is 1. The van der Waals surface area contributed by atoms with Crippen molar-refractivity contribution in [3.63, 3.8) is 0 Å². The van der Waals surface area contributed by atoms with Crippen LogP contribution in [0, 0.1) is 0 Å². The maximum atomic E-state index is 13.6. The van der Waals surface area contributed by atoms with Gasteiger partial charge in [0, 0.05) is 33.8 Å². The van der Waals surface area contributed by atoms with Crippen molar-refractivity contribution in [3.05, 3.63) is 181 Å². The standard InChI is InChI=1S/C54H54N6O11/c1-7-28-68-42-24-10-35(11-25-42)31-34(6)49(62)56-39-18-12-37(13-19-39)51(64)60-45(32-46(55)61)53(66)58-41-20-14-36(15-21-41)50(63)59-44-27-26-43(47(69-29-8-2)48(44)71-33(4)5)52(65)57-40-22-16-38(17-23-40)54(67)70-30-9-3/h7-27,31,33,45H,1-3,28-30,32H2,4-6H3,(H2,55,61)(H,56,62)(H,57,65)(H,58,66)(H,59,63)(H,60,64)/b34-31+/t45-/m0/s1. The van der Waals surface area contributed by atoms with Crippen molar-refractivity contribution in [2.45, 2.75) is 39.3 Å². The Morgan fingerprint density at radius 3 is 1.72 bits per heavy atom. The molecule has 1 atom stereocenters. The van der Waals surface area contributed by atoms with Crippen molar-refractivity contribution in [2.24, 2.45) is 5.73 Å². The fourth-order valence-corrected chi connectivity index (χ4v) is 6.43. The Labute approximate surface area is 410 Å². The summed E-state index contributed by atoms with van der Waals surface area (Å²) in [6.45, 7) is 16.4. The third-order valence-electron chi connectivity index (χ3n) is 9.85. The summed E-state index contributed by atoms with van der Waals surface area (Å²) in [5, 5.41) is 13.5. The number of carbonyl (C=O) groups is 7. The van der Waals surface area contributed by atoms with Crippen molar-refractivity contribution in [2.75, 3.05) is 41.1 Å². The van der Waals surface area contributed by atoms with E-state index >= 15 is 0 Å². The summed E-state index contributed by atoms with van der Waals surface area (Å²) in [5.74, 6) is -3.58. The number of benzene rings is 5. The van der Waals surface area contributed by atoms with Crippen molar-refractivity contribution in [1.29, 1.82) is 0 Å². The molecular weight excluding hydrogens is 909 g/mol. The molecule has 0 radical (unpaired) electrons. The van der Waals surface area contributed by atoms with E-state index < -0.39 is 54.1 Å². The fraction of sp³-hybridized carbons (Fsp3) is 0.167. The smallest absolute Gasteiger partial charge is 0.338 e.